The number of carbonyl (C=O) groups excluding carboxylic acids is 1. The molecule has 1 atom stereocenters. The summed E-state index contributed by atoms with van der Waals surface area (Å²) in [5.41, 5.74) is 4.80. The summed E-state index contributed by atoms with van der Waals surface area (Å²) in [5.74, 6) is 6.06. The van der Waals surface area contributed by atoms with Gasteiger partial charge in [-0.2, -0.15) is 5.10 Å². The van der Waals surface area contributed by atoms with Crippen LogP contribution >= 0.6 is 0 Å². The van der Waals surface area contributed by atoms with Crippen LogP contribution < -0.4 is 10.9 Å². The monoisotopic (exact) mass is 538 g/mol. The molecule has 0 aliphatic heterocycles. The normalized spacial score (nSPS) is 11.7. The highest BCUT2D eigenvalue weighted by molar-refractivity contribution is 6.01. The first-order valence-electron chi connectivity index (χ1n) is 13.2. The number of carbonyl (C=O) groups is 1. The maximum absolute atomic E-state index is 14.2. The Bertz CT molecular complexity index is 2070. The van der Waals surface area contributed by atoms with Gasteiger partial charge in [0.2, 0.25) is 0 Å². The average molecular weight is 539 g/mol. The number of hydrogen-bond donors (Lipinski definition) is 1. The highest BCUT2D eigenvalue weighted by atomic mass is 16.2. The first-order valence-corrected chi connectivity index (χ1v) is 13.2. The molecule has 1 N–H and O–H groups in total. The summed E-state index contributed by atoms with van der Waals surface area (Å²) < 4.78 is 3.23. The Labute approximate surface area is 236 Å². The first kappa shape index (κ1) is 25.7. The number of pyridine rings is 2. The molecule has 0 fully saturated rings. The predicted octanol–water partition coefficient (Wildman–Crippen LogP) is 4.94. The number of amides is 1. The molecule has 200 valence electrons. The van der Waals surface area contributed by atoms with Crippen LogP contribution in [0.5, 0.6) is 0 Å². The molecular weight excluding hydrogens is 512 g/mol. The fraction of sp³-hybridized carbons (Fsp3) is 0.121. The summed E-state index contributed by atoms with van der Waals surface area (Å²) in [5, 5.41) is 8.73. The Morgan fingerprint density at radius 3 is 2.44 bits per heavy atom. The summed E-state index contributed by atoms with van der Waals surface area (Å²) in [4.78, 5) is 36.4. The van der Waals surface area contributed by atoms with Crippen molar-refractivity contribution in [2.45, 2.75) is 26.8 Å². The number of nitrogens with zero attached hydrogens (tertiary/aromatic N) is 5. The SMILES string of the molecule is Cc1ncccc1C#Cc1cccc2cc([C@@H](C)NC(=O)c3c(C)nn4cccnc34)n(-c3ccccc3)c(=O)c12. The van der Waals surface area contributed by atoms with Crippen molar-refractivity contribution in [2.24, 2.45) is 0 Å². The van der Waals surface area contributed by atoms with Crippen LogP contribution in [-0.2, 0) is 0 Å². The highest BCUT2D eigenvalue weighted by Crippen LogP contribution is 2.24. The molecule has 0 aliphatic rings. The van der Waals surface area contributed by atoms with Gasteiger partial charge in [-0.25, -0.2) is 9.50 Å². The van der Waals surface area contributed by atoms with Crippen LogP contribution in [0, 0.1) is 25.7 Å². The van der Waals surface area contributed by atoms with E-state index in [-0.39, 0.29) is 11.5 Å². The van der Waals surface area contributed by atoms with Crippen molar-refractivity contribution in [3.63, 3.8) is 0 Å². The zero-order valence-corrected chi connectivity index (χ0v) is 22.8. The predicted molar refractivity (Wildman–Crippen MR) is 158 cm³/mol. The van der Waals surface area contributed by atoms with Crippen molar-refractivity contribution < 1.29 is 4.79 Å². The number of fused-ring (bicyclic) bond motifs is 2. The van der Waals surface area contributed by atoms with Crippen LogP contribution in [0.15, 0.2) is 96.2 Å². The number of para-hydroxylation sites is 1. The van der Waals surface area contributed by atoms with E-state index in [4.69, 9.17) is 0 Å². The van der Waals surface area contributed by atoms with Gasteiger partial charge in [0.1, 0.15) is 5.56 Å². The molecule has 0 bridgehead atoms. The van der Waals surface area contributed by atoms with Crippen LogP contribution in [0.4, 0.5) is 0 Å². The Morgan fingerprint density at radius 1 is 0.878 bits per heavy atom. The summed E-state index contributed by atoms with van der Waals surface area (Å²) >= 11 is 0. The topological polar surface area (TPSA) is 94.2 Å². The Balaban J connectivity index is 1.48. The second-order valence-electron chi connectivity index (χ2n) is 9.74. The highest BCUT2D eigenvalue weighted by Gasteiger charge is 2.23. The number of rotatable bonds is 4. The smallest absolute Gasteiger partial charge is 0.264 e. The molecule has 8 nitrogen and oxygen atoms in total. The van der Waals surface area contributed by atoms with Crippen LogP contribution in [0.2, 0.25) is 0 Å². The number of hydrogen-bond acceptors (Lipinski definition) is 5. The number of benzene rings is 2. The minimum atomic E-state index is -0.523. The number of aryl methyl sites for hydroxylation is 2. The molecule has 0 saturated heterocycles. The van der Waals surface area contributed by atoms with Gasteiger partial charge in [0.05, 0.1) is 22.8 Å². The van der Waals surface area contributed by atoms with E-state index in [0.717, 1.165) is 16.6 Å². The number of nitrogens with one attached hydrogen (secondary N) is 1. The van der Waals surface area contributed by atoms with E-state index in [2.05, 4.69) is 32.2 Å². The fourth-order valence-corrected chi connectivity index (χ4v) is 5.00. The van der Waals surface area contributed by atoms with Gasteiger partial charge < -0.3 is 5.32 Å². The first-order chi connectivity index (χ1) is 19.9. The Hall–Kier alpha value is -5.55. The quantitative estimate of drug-likeness (QED) is 0.321. The Kier molecular flexibility index (Phi) is 6.62. The minimum absolute atomic E-state index is 0.216. The van der Waals surface area contributed by atoms with Gasteiger partial charge in [-0.15, -0.1) is 0 Å². The summed E-state index contributed by atoms with van der Waals surface area (Å²) in [6.07, 6.45) is 5.11. The molecule has 1 amide bonds. The minimum Gasteiger partial charge on any atom is -0.344 e. The van der Waals surface area contributed by atoms with Crippen LogP contribution in [-0.4, -0.2) is 30.1 Å². The summed E-state index contributed by atoms with van der Waals surface area (Å²) in [7, 11) is 0. The molecule has 0 saturated carbocycles. The molecule has 4 heterocycles. The van der Waals surface area contributed by atoms with Crippen LogP contribution in [0.3, 0.4) is 0 Å². The average Bonchev–Trinajstić information content (AvgIpc) is 3.32. The zero-order chi connectivity index (χ0) is 28.5. The molecule has 0 aliphatic carbocycles. The van der Waals surface area contributed by atoms with E-state index in [1.807, 2.05) is 80.6 Å². The van der Waals surface area contributed by atoms with Gasteiger partial charge in [0.15, 0.2) is 5.65 Å². The zero-order valence-electron chi connectivity index (χ0n) is 22.8. The van der Waals surface area contributed by atoms with E-state index < -0.39 is 6.04 Å². The lowest BCUT2D eigenvalue weighted by Gasteiger charge is -2.21. The fourth-order valence-electron chi connectivity index (χ4n) is 5.00. The third-order valence-electron chi connectivity index (χ3n) is 7.02. The number of aromatic nitrogens is 5. The van der Waals surface area contributed by atoms with Gasteiger partial charge in [0, 0.05) is 41.1 Å². The van der Waals surface area contributed by atoms with Crippen LogP contribution in [0.25, 0.3) is 22.1 Å². The van der Waals surface area contributed by atoms with Crippen LogP contribution in [0.1, 0.15) is 51.5 Å². The standard InChI is InChI=1S/C33H26N6O2/c1-21-24(12-8-17-34-21)15-16-25-10-7-11-26-20-28(39(33(41)30(25)26)27-13-5-4-6-14-27)22(2)36-32(40)29-23(3)37-38-19-9-18-35-31(29)38/h4-14,17-20,22H,1-3H3,(H,36,40)/t22-/m1/s1. The van der Waals surface area contributed by atoms with E-state index >= 15 is 0 Å². The molecule has 0 radical (unpaired) electrons. The van der Waals surface area contributed by atoms with Crippen molar-refractivity contribution in [2.75, 3.05) is 0 Å². The van der Waals surface area contributed by atoms with Gasteiger partial charge in [-0.1, -0.05) is 42.2 Å². The largest absolute Gasteiger partial charge is 0.344 e. The van der Waals surface area contributed by atoms with Gasteiger partial charge in [-0.05, 0) is 68.6 Å². The molecule has 8 heteroatoms. The van der Waals surface area contributed by atoms with Crippen molar-refractivity contribution in [1.82, 2.24) is 29.5 Å². The molecule has 41 heavy (non-hydrogen) atoms. The van der Waals surface area contributed by atoms with Gasteiger partial charge in [-0.3, -0.25) is 19.1 Å². The van der Waals surface area contributed by atoms with Crippen molar-refractivity contribution in [1.29, 1.82) is 0 Å². The van der Waals surface area contributed by atoms with Gasteiger partial charge >= 0.3 is 0 Å². The third kappa shape index (κ3) is 4.74. The molecule has 0 spiro atoms. The summed E-state index contributed by atoms with van der Waals surface area (Å²) in [6.45, 7) is 5.54. The second kappa shape index (κ2) is 10.5. The molecular formula is C33H26N6O2. The van der Waals surface area contributed by atoms with Crippen molar-refractivity contribution >= 4 is 22.3 Å². The lowest BCUT2D eigenvalue weighted by Crippen LogP contribution is -2.32. The van der Waals surface area contributed by atoms with Crippen molar-refractivity contribution in [3.05, 3.63) is 136 Å². The van der Waals surface area contributed by atoms with Gasteiger partial charge in [0.25, 0.3) is 11.5 Å². The second-order valence-corrected chi connectivity index (χ2v) is 9.74. The third-order valence-corrected chi connectivity index (χ3v) is 7.02. The van der Waals surface area contributed by atoms with E-state index in [1.165, 1.54) is 0 Å². The lowest BCUT2D eigenvalue weighted by molar-refractivity contribution is 0.0939. The van der Waals surface area contributed by atoms with E-state index in [1.54, 1.807) is 40.7 Å². The molecule has 4 aromatic heterocycles. The van der Waals surface area contributed by atoms with Crippen molar-refractivity contribution in [3.8, 4) is 17.5 Å². The lowest BCUT2D eigenvalue weighted by atomic mass is 10.0. The summed E-state index contributed by atoms with van der Waals surface area (Å²) in [6, 6.07) is 22.0. The Morgan fingerprint density at radius 2 is 1.63 bits per heavy atom. The maximum Gasteiger partial charge on any atom is 0.264 e. The van der Waals surface area contributed by atoms with E-state index in [0.29, 0.717) is 39.2 Å². The molecule has 2 aromatic carbocycles. The molecule has 0 unspecified atom stereocenters. The van der Waals surface area contributed by atoms with E-state index in [9.17, 15) is 9.59 Å². The molecule has 6 aromatic rings. The molecule has 6 rings (SSSR count). The maximum atomic E-state index is 14.2.